The molecule has 1 N–H and O–H groups in total. The van der Waals surface area contributed by atoms with Crippen LogP contribution in [0, 0.1) is 11.7 Å². The van der Waals surface area contributed by atoms with Crippen molar-refractivity contribution in [3.8, 4) is 0 Å². The molecule has 134 valence electrons. The van der Waals surface area contributed by atoms with Crippen molar-refractivity contribution in [2.24, 2.45) is 5.92 Å². The highest BCUT2D eigenvalue weighted by Gasteiger charge is 2.21. The maximum Gasteiger partial charge on any atom is 0.241 e. The van der Waals surface area contributed by atoms with E-state index in [4.69, 9.17) is 0 Å². The van der Waals surface area contributed by atoms with Crippen LogP contribution in [0.4, 0.5) is 10.2 Å². The molecular formula is C18H22FN3O2S. The Morgan fingerprint density at radius 3 is 2.60 bits per heavy atom. The van der Waals surface area contributed by atoms with E-state index in [0.717, 1.165) is 43.7 Å². The largest absolute Gasteiger partial charge is 0.357 e. The van der Waals surface area contributed by atoms with Gasteiger partial charge in [-0.05, 0) is 62.1 Å². The van der Waals surface area contributed by atoms with Crippen molar-refractivity contribution in [1.29, 1.82) is 0 Å². The highest BCUT2D eigenvalue weighted by Crippen LogP contribution is 2.25. The monoisotopic (exact) mass is 363 g/mol. The minimum absolute atomic E-state index is 0.166. The third-order valence-corrected chi connectivity index (χ3v) is 6.05. The summed E-state index contributed by atoms with van der Waals surface area (Å²) in [5.74, 6) is 1.14. The highest BCUT2D eigenvalue weighted by atomic mass is 32.2. The van der Waals surface area contributed by atoms with Crippen LogP contribution in [0.2, 0.25) is 0 Å². The Balaban J connectivity index is 1.59. The summed E-state index contributed by atoms with van der Waals surface area (Å²) in [5.41, 5.74) is 1.04. The second-order valence-electron chi connectivity index (χ2n) is 6.32. The SMILES string of the molecule is CNS(=O)(=O)c1ccc(N2CCC(Cc3cccc(F)c3)CC2)nc1. The molecule has 1 aliphatic rings. The van der Waals surface area contributed by atoms with Gasteiger partial charge in [0.25, 0.3) is 0 Å². The van der Waals surface area contributed by atoms with Gasteiger partial charge < -0.3 is 4.90 Å². The zero-order valence-corrected chi connectivity index (χ0v) is 15.0. The molecule has 0 spiro atoms. The van der Waals surface area contributed by atoms with Gasteiger partial charge in [0, 0.05) is 19.3 Å². The summed E-state index contributed by atoms with van der Waals surface area (Å²) in [6, 6.07) is 10.1. The first-order valence-electron chi connectivity index (χ1n) is 8.37. The number of pyridine rings is 1. The van der Waals surface area contributed by atoms with Gasteiger partial charge in [-0.25, -0.2) is 22.5 Å². The van der Waals surface area contributed by atoms with E-state index in [1.807, 2.05) is 6.07 Å². The Morgan fingerprint density at radius 2 is 2.00 bits per heavy atom. The smallest absolute Gasteiger partial charge is 0.241 e. The van der Waals surface area contributed by atoms with Gasteiger partial charge in [0.15, 0.2) is 0 Å². The number of anilines is 1. The van der Waals surface area contributed by atoms with Crippen molar-refractivity contribution < 1.29 is 12.8 Å². The van der Waals surface area contributed by atoms with Crippen LogP contribution in [0.25, 0.3) is 0 Å². The van der Waals surface area contributed by atoms with Crippen LogP contribution in [0.1, 0.15) is 18.4 Å². The van der Waals surface area contributed by atoms with Crippen molar-refractivity contribution in [2.75, 3.05) is 25.0 Å². The molecule has 0 atom stereocenters. The zero-order valence-electron chi connectivity index (χ0n) is 14.2. The van der Waals surface area contributed by atoms with Crippen LogP contribution < -0.4 is 9.62 Å². The van der Waals surface area contributed by atoms with Gasteiger partial charge in [-0.1, -0.05) is 12.1 Å². The summed E-state index contributed by atoms with van der Waals surface area (Å²) in [6.45, 7) is 1.73. The van der Waals surface area contributed by atoms with Crippen molar-refractivity contribution in [3.63, 3.8) is 0 Å². The van der Waals surface area contributed by atoms with Gasteiger partial charge in [-0.15, -0.1) is 0 Å². The van der Waals surface area contributed by atoms with E-state index >= 15 is 0 Å². The van der Waals surface area contributed by atoms with E-state index in [0.29, 0.717) is 5.92 Å². The molecular weight excluding hydrogens is 341 g/mol. The summed E-state index contributed by atoms with van der Waals surface area (Å²) >= 11 is 0. The lowest BCUT2D eigenvalue weighted by molar-refractivity contribution is 0.401. The molecule has 7 heteroatoms. The predicted molar refractivity (Wildman–Crippen MR) is 95.5 cm³/mol. The number of aromatic nitrogens is 1. The van der Waals surface area contributed by atoms with Crippen molar-refractivity contribution in [1.82, 2.24) is 9.71 Å². The minimum Gasteiger partial charge on any atom is -0.357 e. The van der Waals surface area contributed by atoms with Crippen LogP contribution >= 0.6 is 0 Å². The van der Waals surface area contributed by atoms with Gasteiger partial charge in [0.2, 0.25) is 10.0 Å². The normalized spacial score (nSPS) is 16.2. The standard InChI is InChI=1S/C18H22FN3O2S/c1-20-25(23,24)17-5-6-18(21-13-17)22-9-7-14(8-10-22)11-15-3-2-4-16(19)12-15/h2-6,12-14,20H,7-11H2,1H3. The predicted octanol–water partition coefficient (Wildman–Crippen LogP) is 2.59. The molecule has 0 amide bonds. The van der Waals surface area contributed by atoms with Gasteiger partial charge >= 0.3 is 0 Å². The van der Waals surface area contributed by atoms with Crippen molar-refractivity contribution >= 4 is 15.8 Å². The molecule has 0 radical (unpaired) electrons. The number of hydrogen-bond donors (Lipinski definition) is 1. The Bertz CT molecular complexity index is 816. The molecule has 0 aliphatic carbocycles. The molecule has 1 fully saturated rings. The maximum absolute atomic E-state index is 13.3. The molecule has 2 aromatic rings. The van der Waals surface area contributed by atoms with E-state index in [2.05, 4.69) is 14.6 Å². The zero-order chi connectivity index (χ0) is 17.9. The number of nitrogens with one attached hydrogen (secondary N) is 1. The van der Waals surface area contributed by atoms with E-state index in [1.54, 1.807) is 24.3 Å². The number of piperidine rings is 1. The summed E-state index contributed by atoms with van der Waals surface area (Å²) < 4.78 is 39.0. The second kappa shape index (κ2) is 7.49. The third-order valence-electron chi connectivity index (χ3n) is 4.65. The second-order valence-corrected chi connectivity index (χ2v) is 8.21. The Hall–Kier alpha value is -1.99. The Kier molecular flexibility index (Phi) is 5.34. The number of nitrogens with zero attached hydrogens (tertiary/aromatic N) is 2. The highest BCUT2D eigenvalue weighted by molar-refractivity contribution is 7.89. The minimum atomic E-state index is -3.45. The summed E-state index contributed by atoms with van der Waals surface area (Å²) in [6.07, 6.45) is 4.29. The molecule has 25 heavy (non-hydrogen) atoms. The van der Waals surface area contributed by atoms with Gasteiger partial charge in [0.1, 0.15) is 16.5 Å². The van der Waals surface area contributed by atoms with Gasteiger partial charge in [-0.3, -0.25) is 0 Å². The first-order valence-corrected chi connectivity index (χ1v) is 9.85. The molecule has 1 aliphatic heterocycles. The van der Waals surface area contributed by atoms with Gasteiger partial charge in [0.05, 0.1) is 0 Å². The fourth-order valence-corrected chi connectivity index (χ4v) is 3.87. The van der Waals surface area contributed by atoms with E-state index in [-0.39, 0.29) is 10.7 Å². The molecule has 3 rings (SSSR count). The molecule has 1 aromatic carbocycles. The molecule has 1 saturated heterocycles. The van der Waals surface area contributed by atoms with Crippen molar-refractivity contribution in [2.45, 2.75) is 24.2 Å². The lowest BCUT2D eigenvalue weighted by atomic mass is 9.90. The van der Waals surface area contributed by atoms with Crippen molar-refractivity contribution in [3.05, 3.63) is 54.0 Å². The number of sulfonamides is 1. The fourth-order valence-electron chi connectivity index (χ4n) is 3.20. The average molecular weight is 363 g/mol. The first-order chi connectivity index (χ1) is 12.0. The van der Waals surface area contributed by atoms with Crippen LogP contribution in [0.5, 0.6) is 0 Å². The van der Waals surface area contributed by atoms with E-state index < -0.39 is 10.0 Å². The lowest BCUT2D eigenvalue weighted by Crippen LogP contribution is -2.34. The number of benzene rings is 1. The van der Waals surface area contributed by atoms with E-state index in [9.17, 15) is 12.8 Å². The Morgan fingerprint density at radius 1 is 1.24 bits per heavy atom. The van der Waals surface area contributed by atoms with Gasteiger partial charge in [-0.2, -0.15) is 0 Å². The molecule has 2 heterocycles. The molecule has 0 bridgehead atoms. The number of rotatable bonds is 5. The summed E-state index contributed by atoms with van der Waals surface area (Å²) in [5, 5.41) is 0. The third kappa shape index (κ3) is 4.35. The molecule has 0 unspecified atom stereocenters. The topological polar surface area (TPSA) is 62.3 Å². The van der Waals surface area contributed by atoms with Crippen LogP contribution in [-0.2, 0) is 16.4 Å². The maximum atomic E-state index is 13.3. The van der Waals surface area contributed by atoms with Crippen LogP contribution in [-0.4, -0.2) is 33.5 Å². The fraction of sp³-hybridized carbons (Fsp3) is 0.389. The molecule has 0 saturated carbocycles. The lowest BCUT2D eigenvalue weighted by Gasteiger charge is -2.33. The quantitative estimate of drug-likeness (QED) is 0.887. The summed E-state index contributed by atoms with van der Waals surface area (Å²) in [4.78, 5) is 6.63. The molecule has 1 aromatic heterocycles. The van der Waals surface area contributed by atoms with Crippen LogP contribution in [0.15, 0.2) is 47.5 Å². The number of halogens is 1. The number of hydrogen-bond acceptors (Lipinski definition) is 4. The Labute approximate surface area is 147 Å². The average Bonchev–Trinajstić information content (AvgIpc) is 2.62. The summed E-state index contributed by atoms with van der Waals surface area (Å²) in [7, 11) is -2.07. The molecule has 5 nitrogen and oxygen atoms in total. The van der Waals surface area contributed by atoms with Crippen LogP contribution in [0.3, 0.4) is 0 Å². The first kappa shape index (κ1) is 17.8. The van der Waals surface area contributed by atoms with E-state index in [1.165, 1.54) is 19.3 Å².